The first-order valence-corrected chi connectivity index (χ1v) is 9.94. The van der Waals surface area contributed by atoms with Crippen LogP contribution in [0.3, 0.4) is 0 Å². The van der Waals surface area contributed by atoms with Crippen molar-refractivity contribution in [2.24, 2.45) is 5.92 Å². The first-order chi connectivity index (χ1) is 13.3. The first-order valence-electron chi connectivity index (χ1n) is 9.94. The van der Waals surface area contributed by atoms with Crippen LogP contribution in [0.25, 0.3) is 0 Å². The van der Waals surface area contributed by atoms with Gasteiger partial charge in [0, 0.05) is 19.3 Å². The summed E-state index contributed by atoms with van der Waals surface area (Å²) in [6.07, 6.45) is 6.91. The minimum atomic E-state index is -0.438. The van der Waals surface area contributed by atoms with Crippen molar-refractivity contribution in [3.8, 4) is 5.75 Å². The molecule has 2 heterocycles. The number of carbonyl (C=O) groups excluding carboxylic acids is 1. The molecular weight excluding hydrogens is 354 g/mol. The van der Waals surface area contributed by atoms with Crippen LogP contribution in [0.15, 0.2) is 36.7 Å². The van der Waals surface area contributed by atoms with Crippen LogP contribution in [0.5, 0.6) is 5.75 Å². The summed E-state index contributed by atoms with van der Waals surface area (Å²) in [5, 5.41) is 4.50. The molecule has 28 heavy (non-hydrogen) atoms. The smallest absolute Gasteiger partial charge is 0.410 e. The van der Waals surface area contributed by atoms with Gasteiger partial charge in [0.25, 0.3) is 0 Å². The molecule has 0 atom stereocenters. The molecule has 0 spiro atoms. The number of carbonyl (C=O) groups is 1. The van der Waals surface area contributed by atoms with E-state index in [4.69, 9.17) is 9.47 Å². The number of ether oxygens (including phenoxy) is 2. The van der Waals surface area contributed by atoms with Crippen molar-refractivity contribution < 1.29 is 14.3 Å². The van der Waals surface area contributed by atoms with Gasteiger partial charge in [0.05, 0.1) is 19.9 Å². The summed E-state index contributed by atoms with van der Waals surface area (Å²) in [7, 11) is 1.67. The molecule has 6 nitrogen and oxygen atoms in total. The quantitative estimate of drug-likeness (QED) is 0.777. The molecule has 1 aliphatic rings. The van der Waals surface area contributed by atoms with Crippen LogP contribution in [0.2, 0.25) is 0 Å². The number of methoxy groups -OCH3 is 1. The Morgan fingerprint density at radius 2 is 1.82 bits per heavy atom. The second-order valence-corrected chi connectivity index (χ2v) is 8.51. The lowest BCUT2D eigenvalue weighted by Gasteiger charge is -2.33. The van der Waals surface area contributed by atoms with Gasteiger partial charge in [0.1, 0.15) is 11.4 Å². The number of likely N-dealkylation sites (tertiary alicyclic amines) is 1. The van der Waals surface area contributed by atoms with E-state index in [1.165, 1.54) is 11.1 Å². The van der Waals surface area contributed by atoms with Crippen LogP contribution in [0.1, 0.15) is 44.7 Å². The van der Waals surface area contributed by atoms with E-state index in [2.05, 4.69) is 23.4 Å². The van der Waals surface area contributed by atoms with E-state index in [0.717, 1.165) is 44.6 Å². The van der Waals surface area contributed by atoms with Crippen molar-refractivity contribution >= 4 is 6.09 Å². The normalized spacial score (nSPS) is 15.5. The van der Waals surface area contributed by atoms with E-state index in [-0.39, 0.29) is 6.09 Å². The minimum absolute atomic E-state index is 0.196. The minimum Gasteiger partial charge on any atom is -0.497 e. The van der Waals surface area contributed by atoms with Gasteiger partial charge in [0.15, 0.2) is 0 Å². The zero-order valence-electron chi connectivity index (χ0n) is 17.4. The number of aromatic nitrogens is 2. The molecule has 152 valence electrons. The van der Waals surface area contributed by atoms with E-state index in [1.807, 2.05) is 48.7 Å². The molecule has 0 aliphatic carbocycles. The van der Waals surface area contributed by atoms with Crippen LogP contribution in [0, 0.1) is 5.92 Å². The number of benzene rings is 1. The topological polar surface area (TPSA) is 56.6 Å². The van der Waals surface area contributed by atoms with Crippen molar-refractivity contribution in [3.63, 3.8) is 0 Å². The average molecular weight is 386 g/mol. The van der Waals surface area contributed by atoms with Crippen LogP contribution >= 0.6 is 0 Å². The third kappa shape index (κ3) is 5.75. The molecule has 3 rings (SSSR count). The lowest BCUT2D eigenvalue weighted by atomic mass is 9.91. The van der Waals surface area contributed by atoms with Gasteiger partial charge in [-0.15, -0.1) is 0 Å². The van der Waals surface area contributed by atoms with E-state index < -0.39 is 5.60 Å². The van der Waals surface area contributed by atoms with Gasteiger partial charge in [-0.25, -0.2) is 4.79 Å². The molecule has 0 bridgehead atoms. The highest BCUT2D eigenvalue weighted by Crippen LogP contribution is 2.23. The second kappa shape index (κ2) is 8.67. The average Bonchev–Trinajstić information content (AvgIpc) is 3.08. The van der Waals surface area contributed by atoms with Crippen molar-refractivity contribution in [3.05, 3.63) is 47.8 Å². The SMILES string of the molecule is COc1ccc(Cn2cc(CC3CCN(C(=O)OC(C)(C)C)CC3)cn2)cc1. The standard InChI is InChI=1S/C22H31N3O3/c1-22(2,3)28-21(26)24-11-9-17(10-12-24)13-19-14-23-25(16-19)15-18-5-7-20(27-4)8-6-18/h5-8,14,16-17H,9-13,15H2,1-4H3. The van der Waals surface area contributed by atoms with Gasteiger partial charge in [-0.2, -0.15) is 5.10 Å². The fourth-order valence-electron chi connectivity index (χ4n) is 3.50. The Kier molecular flexibility index (Phi) is 6.27. The molecule has 0 N–H and O–H groups in total. The number of hydrogen-bond acceptors (Lipinski definition) is 4. The van der Waals surface area contributed by atoms with Crippen molar-refractivity contribution in [2.45, 2.75) is 52.2 Å². The van der Waals surface area contributed by atoms with Crippen LogP contribution in [-0.2, 0) is 17.7 Å². The highest BCUT2D eigenvalue weighted by atomic mass is 16.6. The van der Waals surface area contributed by atoms with Crippen molar-refractivity contribution in [2.75, 3.05) is 20.2 Å². The molecule has 1 aromatic carbocycles. The maximum absolute atomic E-state index is 12.2. The molecule has 2 aromatic rings. The van der Waals surface area contributed by atoms with Gasteiger partial charge in [0.2, 0.25) is 0 Å². The lowest BCUT2D eigenvalue weighted by molar-refractivity contribution is 0.0184. The van der Waals surface area contributed by atoms with Crippen LogP contribution in [-0.4, -0.2) is 46.6 Å². The monoisotopic (exact) mass is 385 g/mol. The largest absolute Gasteiger partial charge is 0.497 e. The number of hydrogen-bond donors (Lipinski definition) is 0. The molecule has 0 saturated carbocycles. The Bertz CT molecular complexity index is 769. The maximum Gasteiger partial charge on any atom is 0.410 e. The van der Waals surface area contributed by atoms with Crippen LogP contribution in [0.4, 0.5) is 4.79 Å². The van der Waals surface area contributed by atoms with Gasteiger partial charge in [-0.3, -0.25) is 4.68 Å². The van der Waals surface area contributed by atoms with E-state index in [9.17, 15) is 4.79 Å². The molecule has 0 radical (unpaired) electrons. The Labute approximate surface area is 167 Å². The third-order valence-corrected chi connectivity index (χ3v) is 4.98. The van der Waals surface area contributed by atoms with E-state index >= 15 is 0 Å². The number of amides is 1. The lowest BCUT2D eigenvalue weighted by Crippen LogP contribution is -2.42. The maximum atomic E-state index is 12.2. The molecule has 1 fully saturated rings. The zero-order chi connectivity index (χ0) is 20.1. The second-order valence-electron chi connectivity index (χ2n) is 8.51. The first kappa shape index (κ1) is 20.2. The Morgan fingerprint density at radius 3 is 2.43 bits per heavy atom. The molecule has 1 aromatic heterocycles. The zero-order valence-corrected chi connectivity index (χ0v) is 17.4. The number of rotatable bonds is 5. The third-order valence-electron chi connectivity index (χ3n) is 4.98. The predicted molar refractivity (Wildman–Crippen MR) is 109 cm³/mol. The molecule has 1 saturated heterocycles. The summed E-state index contributed by atoms with van der Waals surface area (Å²) in [4.78, 5) is 14.0. The van der Waals surface area contributed by atoms with Gasteiger partial charge in [-0.05, 0) is 69.2 Å². The molecule has 0 unspecified atom stereocenters. The Balaban J connectivity index is 1.47. The Morgan fingerprint density at radius 1 is 1.14 bits per heavy atom. The number of nitrogens with zero attached hydrogens (tertiary/aromatic N) is 3. The van der Waals surface area contributed by atoms with Gasteiger partial charge >= 0.3 is 6.09 Å². The van der Waals surface area contributed by atoms with Crippen LogP contribution < -0.4 is 4.74 Å². The fourth-order valence-corrected chi connectivity index (χ4v) is 3.50. The van der Waals surface area contributed by atoms with Gasteiger partial charge in [-0.1, -0.05) is 12.1 Å². The fraction of sp³-hybridized carbons (Fsp3) is 0.545. The summed E-state index contributed by atoms with van der Waals surface area (Å²) in [6, 6.07) is 8.07. The van der Waals surface area contributed by atoms with E-state index in [1.54, 1.807) is 7.11 Å². The highest BCUT2D eigenvalue weighted by molar-refractivity contribution is 5.68. The summed E-state index contributed by atoms with van der Waals surface area (Å²) >= 11 is 0. The molecular formula is C22H31N3O3. The molecule has 1 amide bonds. The Hall–Kier alpha value is -2.50. The van der Waals surface area contributed by atoms with Gasteiger partial charge < -0.3 is 14.4 Å². The van der Waals surface area contributed by atoms with Crippen molar-refractivity contribution in [1.82, 2.24) is 14.7 Å². The summed E-state index contributed by atoms with van der Waals surface area (Å²) in [5.41, 5.74) is 2.01. The van der Waals surface area contributed by atoms with E-state index in [0.29, 0.717) is 5.92 Å². The summed E-state index contributed by atoms with van der Waals surface area (Å²) < 4.78 is 12.6. The summed E-state index contributed by atoms with van der Waals surface area (Å²) in [5.74, 6) is 1.44. The molecule has 6 heteroatoms. The summed E-state index contributed by atoms with van der Waals surface area (Å²) in [6.45, 7) is 7.99. The highest BCUT2D eigenvalue weighted by Gasteiger charge is 2.27. The predicted octanol–water partition coefficient (Wildman–Crippen LogP) is 4.13. The molecule has 1 aliphatic heterocycles. The van der Waals surface area contributed by atoms with Crippen molar-refractivity contribution in [1.29, 1.82) is 0 Å². The number of piperidine rings is 1.